The Morgan fingerprint density at radius 3 is 2.65 bits per heavy atom. The van der Waals surface area contributed by atoms with E-state index < -0.39 is 10.0 Å². The van der Waals surface area contributed by atoms with Gasteiger partial charge in [-0.25, -0.2) is 8.42 Å². The summed E-state index contributed by atoms with van der Waals surface area (Å²) in [5, 5.41) is 16.0. The lowest BCUT2D eigenvalue weighted by molar-refractivity contribution is 0.239. The normalized spacial score (nSPS) is 17.7. The zero-order valence-electron chi connectivity index (χ0n) is 15.2. The van der Waals surface area contributed by atoms with Crippen molar-refractivity contribution in [3.8, 4) is 0 Å². The predicted octanol–water partition coefficient (Wildman–Crippen LogP) is 0.334. The summed E-state index contributed by atoms with van der Waals surface area (Å²) in [5.41, 5.74) is 0.412. The fourth-order valence-corrected chi connectivity index (χ4v) is 3.92. The molecule has 11 heteroatoms. The van der Waals surface area contributed by atoms with Gasteiger partial charge in [0, 0.05) is 51.9 Å². The van der Waals surface area contributed by atoms with Crippen LogP contribution in [0.25, 0.3) is 0 Å². The van der Waals surface area contributed by atoms with Crippen LogP contribution in [-0.4, -0.2) is 79.7 Å². The van der Waals surface area contributed by atoms with Gasteiger partial charge in [-0.05, 0) is 12.8 Å². The van der Waals surface area contributed by atoms with Crippen LogP contribution in [0.5, 0.6) is 0 Å². The third-order valence-corrected chi connectivity index (χ3v) is 5.76. The molecule has 1 atom stereocenters. The Bertz CT molecular complexity index is 645. The van der Waals surface area contributed by atoms with Gasteiger partial charge in [0.1, 0.15) is 12.0 Å². The van der Waals surface area contributed by atoms with Crippen molar-refractivity contribution in [3.63, 3.8) is 0 Å². The molecule has 1 aromatic rings. The summed E-state index contributed by atoms with van der Waals surface area (Å²) in [6, 6.07) is 1.56. The SMILES string of the molecule is CCNC(=NCC(C)CO)N1CCN(S(=O)(=O)Cc2ccon2)CC1.I. The van der Waals surface area contributed by atoms with E-state index in [-0.39, 0.29) is 42.3 Å². The molecule has 1 aromatic heterocycles. The smallest absolute Gasteiger partial charge is 0.220 e. The number of aliphatic imine (C=N–C) groups is 1. The number of rotatable bonds is 7. The average molecular weight is 501 g/mol. The van der Waals surface area contributed by atoms with Gasteiger partial charge in [-0.15, -0.1) is 24.0 Å². The maximum Gasteiger partial charge on any atom is 0.220 e. The first-order chi connectivity index (χ1) is 12.0. The number of piperazine rings is 1. The maximum absolute atomic E-state index is 12.5. The molecule has 9 nitrogen and oxygen atoms in total. The second-order valence-electron chi connectivity index (χ2n) is 6.12. The average Bonchev–Trinajstić information content (AvgIpc) is 3.10. The third kappa shape index (κ3) is 6.67. The van der Waals surface area contributed by atoms with Crippen molar-refractivity contribution in [1.82, 2.24) is 19.7 Å². The number of hydrogen-bond donors (Lipinski definition) is 2. The quantitative estimate of drug-likeness (QED) is 0.315. The minimum absolute atomic E-state index is 0. The van der Waals surface area contributed by atoms with Crippen molar-refractivity contribution in [3.05, 3.63) is 18.0 Å². The molecule has 2 rings (SSSR count). The molecule has 0 spiro atoms. The molecular weight excluding hydrogens is 473 g/mol. The zero-order chi connectivity index (χ0) is 18.3. The topological polar surface area (TPSA) is 111 Å². The highest BCUT2D eigenvalue weighted by Crippen LogP contribution is 2.13. The lowest BCUT2D eigenvalue weighted by Crippen LogP contribution is -2.54. The van der Waals surface area contributed by atoms with E-state index in [0.717, 1.165) is 12.5 Å². The highest BCUT2D eigenvalue weighted by molar-refractivity contribution is 14.0. The van der Waals surface area contributed by atoms with Gasteiger partial charge in [-0.1, -0.05) is 12.1 Å². The number of aromatic nitrogens is 1. The van der Waals surface area contributed by atoms with Gasteiger partial charge >= 0.3 is 0 Å². The van der Waals surface area contributed by atoms with Crippen LogP contribution >= 0.6 is 24.0 Å². The number of aliphatic hydroxyl groups excluding tert-OH is 1. The second-order valence-corrected chi connectivity index (χ2v) is 8.08. The summed E-state index contributed by atoms with van der Waals surface area (Å²) in [5.74, 6) is 0.709. The Labute approximate surface area is 171 Å². The van der Waals surface area contributed by atoms with Crippen molar-refractivity contribution in [2.75, 3.05) is 45.9 Å². The molecule has 26 heavy (non-hydrogen) atoms. The minimum atomic E-state index is -3.41. The van der Waals surface area contributed by atoms with Crippen LogP contribution in [-0.2, 0) is 15.8 Å². The van der Waals surface area contributed by atoms with E-state index in [1.807, 2.05) is 13.8 Å². The Balaban J connectivity index is 0.00000338. The number of hydrogen-bond acceptors (Lipinski definition) is 6. The monoisotopic (exact) mass is 501 g/mol. The number of guanidine groups is 1. The molecule has 0 saturated carbocycles. The van der Waals surface area contributed by atoms with Gasteiger partial charge in [0.2, 0.25) is 10.0 Å². The summed E-state index contributed by atoms with van der Waals surface area (Å²) in [6.07, 6.45) is 1.37. The number of halogens is 1. The van der Waals surface area contributed by atoms with Crippen molar-refractivity contribution in [1.29, 1.82) is 0 Å². The van der Waals surface area contributed by atoms with Crippen molar-refractivity contribution < 1.29 is 18.0 Å². The summed E-state index contributed by atoms with van der Waals surface area (Å²) >= 11 is 0. The molecule has 0 aromatic carbocycles. The van der Waals surface area contributed by atoms with Gasteiger partial charge in [0.05, 0.1) is 5.69 Å². The Morgan fingerprint density at radius 1 is 1.42 bits per heavy atom. The lowest BCUT2D eigenvalue weighted by Gasteiger charge is -2.35. The standard InChI is InChI=1S/C15H27N5O4S.HI/c1-3-16-15(17-10-13(2)11-21)19-5-7-20(8-6-19)25(22,23)12-14-4-9-24-18-14;/h4,9,13,21H,3,5-8,10-12H2,1-2H3,(H,16,17);1H. The fourth-order valence-electron chi connectivity index (χ4n) is 2.49. The molecular formula is C15H28IN5O4S. The van der Waals surface area contributed by atoms with Crippen LogP contribution in [0.3, 0.4) is 0 Å². The van der Waals surface area contributed by atoms with Gasteiger partial charge in [0.15, 0.2) is 5.96 Å². The summed E-state index contributed by atoms with van der Waals surface area (Å²) in [7, 11) is -3.41. The molecule has 2 heterocycles. The number of sulfonamides is 1. The minimum Gasteiger partial charge on any atom is -0.396 e. The molecule has 0 aliphatic carbocycles. The largest absolute Gasteiger partial charge is 0.396 e. The highest BCUT2D eigenvalue weighted by Gasteiger charge is 2.29. The van der Waals surface area contributed by atoms with E-state index in [2.05, 4.69) is 20.4 Å². The Kier molecular flexibility index (Phi) is 9.82. The number of nitrogens with one attached hydrogen (secondary N) is 1. The molecule has 0 bridgehead atoms. The summed E-state index contributed by atoms with van der Waals surface area (Å²) < 4.78 is 31.1. The van der Waals surface area contributed by atoms with E-state index >= 15 is 0 Å². The Hall–Kier alpha value is -0.920. The zero-order valence-corrected chi connectivity index (χ0v) is 18.3. The van der Waals surface area contributed by atoms with Crippen LogP contribution in [0, 0.1) is 5.92 Å². The van der Waals surface area contributed by atoms with E-state index in [9.17, 15) is 8.42 Å². The first-order valence-electron chi connectivity index (χ1n) is 8.47. The van der Waals surface area contributed by atoms with Crippen LogP contribution in [0.1, 0.15) is 19.5 Å². The molecule has 2 N–H and O–H groups in total. The summed E-state index contributed by atoms with van der Waals surface area (Å²) in [6.45, 7) is 7.22. The molecule has 0 amide bonds. The maximum atomic E-state index is 12.5. The van der Waals surface area contributed by atoms with Crippen LogP contribution in [0.2, 0.25) is 0 Å². The van der Waals surface area contributed by atoms with Crippen LogP contribution in [0.15, 0.2) is 21.8 Å². The molecule has 1 saturated heterocycles. The van der Waals surface area contributed by atoms with Crippen LogP contribution < -0.4 is 5.32 Å². The van der Waals surface area contributed by atoms with Gasteiger partial charge < -0.3 is 19.8 Å². The van der Waals surface area contributed by atoms with Gasteiger partial charge in [-0.2, -0.15) is 4.31 Å². The van der Waals surface area contributed by atoms with Crippen molar-refractivity contribution in [2.45, 2.75) is 19.6 Å². The predicted molar refractivity (Wildman–Crippen MR) is 110 cm³/mol. The first-order valence-corrected chi connectivity index (χ1v) is 10.1. The van der Waals surface area contributed by atoms with Gasteiger partial charge in [0.25, 0.3) is 0 Å². The third-order valence-electron chi connectivity index (χ3n) is 3.95. The lowest BCUT2D eigenvalue weighted by atomic mass is 10.2. The van der Waals surface area contributed by atoms with E-state index in [4.69, 9.17) is 9.63 Å². The molecule has 1 fully saturated rings. The number of aliphatic hydroxyl groups is 1. The van der Waals surface area contributed by atoms with Crippen molar-refractivity contribution in [2.24, 2.45) is 10.9 Å². The molecule has 150 valence electrons. The van der Waals surface area contributed by atoms with E-state index in [1.54, 1.807) is 6.07 Å². The van der Waals surface area contributed by atoms with Crippen molar-refractivity contribution >= 4 is 40.0 Å². The molecule has 0 radical (unpaired) electrons. The van der Waals surface area contributed by atoms with Crippen LogP contribution in [0.4, 0.5) is 0 Å². The highest BCUT2D eigenvalue weighted by atomic mass is 127. The fraction of sp³-hybridized carbons (Fsp3) is 0.733. The van der Waals surface area contributed by atoms with E-state index in [0.29, 0.717) is 38.4 Å². The van der Waals surface area contributed by atoms with Gasteiger partial charge in [-0.3, -0.25) is 4.99 Å². The number of nitrogens with zero attached hydrogens (tertiary/aromatic N) is 4. The first kappa shape index (κ1) is 23.1. The second kappa shape index (κ2) is 11.0. The molecule has 1 aliphatic rings. The Morgan fingerprint density at radius 2 is 2.12 bits per heavy atom. The van der Waals surface area contributed by atoms with E-state index in [1.165, 1.54) is 10.6 Å². The summed E-state index contributed by atoms with van der Waals surface area (Å²) in [4.78, 5) is 6.59. The molecule has 1 unspecified atom stereocenters. The molecule has 1 aliphatic heterocycles.